The minimum atomic E-state index is -4.47. The number of hydrogen-bond donors (Lipinski definition) is 2. The molecular formula is C19H15F3N2O4. The van der Waals surface area contributed by atoms with Gasteiger partial charge in [0.2, 0.25) is 0 Å². The molecule has 0 radical (unpaired) electrons. The fraction of sp³-hybridized carbons (Fsp3) is 0.158. The van der Waals surface area contributed by atoms with E-state index in [0.29, 0.717) is 0 Å². The lowest BCUT2D eigenvalue weighted by molar-refractivity contribution is -0.137. The summed E-state index contributed by atoms with van der Waals surface area (Å²) < 4.78 is 48.7. The van der Waals surface area contributed by atoms with Crippen molar-refractivity contribution in [2.45, 2.75) is 6.18 Å². The second-order valence-corrected chi connectivity index (χ2v) is 5.73. The maximum Gasteiger partial charge on any atom is 0.416 e. The van der Waals surface area contributed by atoms with Crippen LogP contribution in [0.2, 0.25) is 0 Å². The number of nitrogens with one attached hydrogen (secondary N) is 2. The number of halogens is 3. The highest BCUT2D eigenvalue weighted by atomic mass is 19.4. The van der Waals surface area contributed by atoms with E-state index >= 15 is 0 Å². The second-order valence-electron chi connectivity index (χ2n) is 5.73. The number of amides is 2. The molecule has 9 heteroatoms. The maximum absolute atomic E-state index is 12.8. The lowest BCUT2D eigenvalue weighted by atomic mass is 10.1. The van der Waals surface area contributed by atoms with E-state index in [1.54, 1.807) is 6.07 Å². The molecule has 1 aromatic carbocycles. The summed E-state index contributed by atoms with van der Waals surface area (Å²) in [7, 11) is 0. The Morgan fingerprint density at radius 3 is 2.25 bits per heavy atom. The number of alkyl halides is 3. The van der Waals surface area contributed by atoms with Gasteiger partial charge in [-0.3, -0.25) is 9.59 Å². The van der Waals surface area contributed by atoms with Gasteiger partial charge in [0, 0.05) is 18.7 Å². The van der Waals surface area contributed by atoms with Gasteiger partial charge in [-0.25, -0.2) is 0 Å². The Labute approximate surface area is 157 Å². The zero-order chi connectivity index (χ0) is 20.1. The number of carbonyl (C=O) groups excluding carboxylic acids is 2. The molecule has 0 aliphatic rings. The van der Waals surface area contributed by atoms with Crippen LogP contribution in [-0.4, -0.2) is 24.9 Å². The van der Waals surface area contributed by atoms with Crippen molar-refractivity contribution in [1.82, 2.24) is 10.6 Å². The predicted molar refractivity (Wildman–Crippen MR) is 92.5 cm³/mol. The molecule has 0 aliphatic heterocycles. The topological polar surface area (TPSA) is 84.5 Å². The molecule has 0 bridgehead atoms. The van der Waals surface area contributed by atoms with Gasteiger partial charge in [0.25, 0.3) is 11.8 Å². The van der Waals surface area contributed by atoms with Crippen LogP contribution in [0.1, 0.15) is 26.7 Å². The van der Waals surface area contributed by atoms with Crippen molar-refractivity contribution >= 4 is 11.8 Å². The summed E-state index contributed by atoms with van der Waals surface area (Å²) in [5.41, 5.74) is -0.598. The van der Waals surface area contributed by atoms with Crippen molar-refractivity contribution < 1.29 is 31.6 Å². The molecule has 0 spiro atoms. The van der Waals surface area contributed by atoms with E-state index in [2.05, 4.69) is 10.6 Å². The summed E-state index contributed by atoms with van der Waals surface area (Å²) in [6.07, 6.45) is -3.10. The first-order valence-corrected chi connectivity index (χ1v) is 8.22. The minimum absolute atomic E-state index is 0.0511. The first kappa shape index (κ1) is 19.3. The molecule has 0 saturated heterocycles. The van der Waals surface area contributed by atoms with E-state index in [4.69, 9.17) is 8.83 Å². The summed E-state index contributed by atoms with van der Waals surface area (Å²) in [6, 6.07) is 10.5. The largest absolute Gasteiger partial charge is 0.459 e. The van der Waals surface area contributed by atoms with Crippen LogP contribution in [0.25, 0.3) is 11.3 Å². The zero-order valence-electron chi connectivity index (χ0n) is 14.4. The highest BCUT2D eigenvalue weighted by Gasteiger charge is 2.30. The molecule has 146 valence electrons. The van der Waals surface area contributed by atoms with Gasteiger partial charge < -0.3 is 19.5 Å². The molecular weight excluding hydrogens is 377 g/mol. The monoisotopic (exact) mass is 392 g/mol. The molecule has 28 heavy (non-hydrogen) atoms. The first-order valence-electron chi connectivity index (χ1n) is 8.22. The zero-order valence-corrected chi connectivity index (χ0v) is 14.4. The van der Waals surface area contributed by atoms with Gasteiger partial charge in [-0.1, -0.05) is 12.1 Å². The molecule has 2 N–H and O–H groups in total. The highest BCUT2D eigenvalue weighted by molar-refractivity contribution is 5.92. The van der Waals surface area contributed by atoms with Crippen molar-refractivity contribution in [3.05, 3.63) is 71.9 Å². The Hall–Kier alpha value is -3.49. The van der Waals surface area contributed by atoms with Crippen LogP contribution in [0.4, 0.5) is 13.2 Å². The lowest BCUT2D eigenvalue weighted by Gasteiger charge is -2.07. The fourth-order valence-electron chi connectivity index (χ4n) is 2.40. The lowest BCUT2D eigenvalue weighted by Crippen LogP contribution is -2.34. The number of furan rings is 2. The van der Waals surface area contributed by atoms with Gasteiger partial charge in [0.15, 0.2) is 11.5 Å². The standard InChI is InChI=1S/C19H15F3N2O4/c20-19(21,22)13-4-1-3-12(11-13)14-6-7-16(28-14)18(26)24-9-8-23-17(25)15-5-2-10-27-15/h1-7,10-11H,8-9H2,(H,23,25)(H,24,26). The van der Waals surface area contributed by atoms with Crippen LogP contribution in [0.15, 0.2) is 63.6 Å². The van der Waals surface area contributed by atoms with Crippen LogP contribution < -0.4 is 10.6 Å². The van der Waals surface area contributed by atoms with Gasteiger partial charge >= 0.3 is 6.18 Å². The van der Waals surface area contributed by atoms with Gasteiger partial charge in [-0.15, -0.1) is 0 Å². The van der Waals surface area contributed by atoms with E-state index in [9.17, 15) is 22.8 Å². The highest BCUT2D eigenvalue weighted by Crippen LogP contribution is 2.32. The van der Waals surface area contributed by atoms with Crippen molar-refractivity contribution in [3.8, 4) is 11.3 Å². The van der Waals surface area contributed by atoms with Gasteiger partial charge in [0.05, 0.1) is 11.8 Å². The Bertz CT molecular complexity index is 962. The van der Waals surface area contributed by atoms with Crippen molar-refractivity contribution in [1.29, 1.82) is 0 Å². The van der Waals surface area contributed by atoms with Gasteiger partial charge in [-0.2, -0.15) is 13.2 Å². The average molecular weight is 392 g/mol. The summed E-state index contributed by atoms with van der Waals surface area (Å²) in [5.74, 6) is -0.718. The van der Waals surface area contributed by atoms with Crippen LogP contribution in [0.5, 0.6) is 0 Å². The van der Waals surface area contributed by atoms with Crippen LogP contribution in [0, 0.1) is 0 Å². The molecule has 0 fully saturated rings. The van der Waals surface area contributed by atoms with E-state index in [1.807, 2.05) is 0 Å². The Morgan fingerprint density at radius 1 is 0.893 bits per heavy atom. The van der Waals surface area contributed by atoms with Gasteiger partial charge in [0.1, 0.15) is 5.76 Å². The van der Waals surface area contributed by atoms with E-state index < -0.39 is 23.6 Å². The molecule has 2 amide bonds. The Morgan fingerprint density at radius 2 is 1.61 bits per heavy atom. The van der Waals surface area contributed by atoms with Gasteiger partial charge in [-0.05, 0) is 36.4 Å². The smallest absolute Gasteiger partial charge is 0.416 e. The number of rotatable bonds is 6. The molecule has 0 atom stereocenters. The second kappa shape index (κ2) is 8.03. The van der Waals surface area contributed by atoms with Crippen LogP contribution in [-0.2, 0) is 6.18 Å². The average Bonchev–Trinajstić information content (AvgIpc) is 3.36. The third-order valence-electron chi connectivity index (χ3n) is 3.75. The van der Waals surface area contributed by atoms with Crippen molar-refractivity contribution in [2.24, 2.45) is 0 Å². The van der Waals surface area contributed by atoms with E-state index in [1.165, 1.54) is 36.6 Å². The Kier molecular flexibility index (Phi) is 5.53. The minimum Gasteiger partial charge on any atom is -0.459 e. The van der Waals surface area contributed by atoms with Crippen molar-refractivity contribution in [3.63, 3.8) is 0 Å². The Balaban J connectivity index is 1.55. The fourth-order valence-corrected chi connectivity index (χ4v) is 2.40. The number of benzene rings is 1. The maximum atomic E-state index is 12.8. The van der Waals surface area contributed by atoms with E-state index in [0.717, 1.165) is 12.1 Å². The summed E-state index contributed by atoms with van der Waals surface area (Å²) in [5, 5.41) is 5.10. The molecule has 6 nitrogen and oxygen atoms in total. The molecule has 0 saturated carbocycles. The third-order valence-corrected chi connectivity index (χ3v) is 3.75. The van der Waals surface area contributed by atoms with Crippen molar-refractivity contribution in [2.75, 3.05) is 13.1 Å². The third kappa shape index (κ3) is 4.61. The predicted octanol–water partition coefficient (Wildman–Crippen LogP) is 3.72. The normalized spacial score (nSPS) is 11.2. The summed E-state index contributed by atoms with van der Waals surface area (Å²) in [4.78, 5) is 23.7. The first-order chi connectivity index (χ1) is 13.3. The molecule has 3 rings (SSSR count). The molecule has 0 aliphatic carbocycles. The van der Waals surface area contributed by atoms with Crippen LogP contribution >= 0.6 is 0 Å². The molecule has 2 heterocycles. The van der Waals surface area contributed by atoms with E-state index in [-0.39, 0.29) is 35.9 Å². The molecule has 2 aromatic heterocycles. The molecule has 0 unspecified atom stereocenters. The summed E-state index contributed by atoms with van der Waals surface area (Å²) in [6.45, 7) is 0.289. The quantitative estimate of drug-likeness (QED) is 0.627. The summed E-state index contributed by atoms with van der Waals surface area (Å²) >= 11 is 0. The van der Waals surface area contributed by atoms with Crippen LogP contribution in [0.3, 0.4) is 0 Å². The SMILES string of the molecule is O=C(NCCNC(=O)c1ccc(-c2cccc(C(F)(F)F)c2)o1)c1ccco1. The number of hydrogen-bond acceptors (Lipinski definition) is 4. The number of carbonyl (C=O) groups is 2. The molecule has 3 aromatic rings.